The summed E-state index contributed by atoms with van der Waals surface area (Å²) in [6, 6.07) is 8.19. The van der Waals surface area contributed by atoms with E-state index in [2.05, 4.69) is 60.5 Å². The fourth-order valence-electron chi connectivity index (χ4n) is 4.48. The Kier molecular flexibility index (Phi) is 7.11. The van der Waals surface area contributed by atoms with Crippen molar-refractivity contribution in [2.24, 2.45) is 0 Å². The first-order valence-corrected chi connectivity index (χ1v) is 13.1. The summed E-state index contributed by atoms with van der Waals surface area (Å²) in [5.41, 5.74) is 7.60. The van der Waals surface area contributed by atoms with Gasteiger partial charge < -0.3 is 24.6 Å². The molecule has 0 amide bonds. The highest BCUT2D eigenvalue weighted by Gasteiger charge is 2.19. The number of ether oxygens (including phenoxy) is 1. The highest BCUT2D eigenvalue weighted by Crippen LogP contribution is 2.37. The van der Waals surface area contributed by atoms with Gasteiger partial charge in [0.1, 0.15) is 17.1 Å². The molecular weight excluding hydrogens is 484 g/mol. The van der Waals surface area contributed by atoms with Gasteiger partial charge in [-0.3, -0.25) is 9.97 Å². The van der Waals surface area contributed by atoms with Crippen molar-refractivity contribution in [3.05, 3.63) is 66.1 Å². The van der Waals surface area contributed by atoms with Gasteiger partial charge in [-0.05, 0) is 48.9 Å². The Labute approximate surface area is 221 Å². The highest BCUT2D eigenvalue weighted by molar-refractivity contribution is 7.99. The van der Waals surface area contributed by atoms with E-state index in [1.807, 2.05) is 25.4 Å². The van der Waals surface area contributed by atoms with Gasteiger partial charge in [0.25, 0.3) is 0 Å². The Bertz CT molecular complexity index is 1460. The number of hydrogen-bond donors (Lipinski definition) is 2. The minimum absolute atomic E-state index is 0.455. The molecule has 0 bridgehead atoms. The molecule has 0 spiro atoms. The quantitative estimate of drug-likeness (QED) is 0.303. The smallest absolute Gasteiger partial charge is 0.229 e. The second-order valence-corrected chi connectivity index (χ2v) is 9.74. The molecule has 37 heavy (non-hydrogen) atoms. The van der Waals surface area contributed by atoms with Crippen LogP contribution in [0.2, 0.25) is 0 Å². The molecule has 9 nitrogen and oxygen atoms in total. The zero-order chi connectivity index (χ0) is 25.9. The molecular formula is C27H30N8OS. The molecule has 0 aliphatic carbocycles. The van der Waals surface area contributed by atoms with Crippen molar-refractivity contribution in [2.45, 2.75) is 13.0 Å². The minimum atomic E-state index is 0.455. The lowest BCUT2D eigenvalue weighted by molar-refractivity contribution is 0.312. The summed E-state index contributed by atoms with van der Waals surface area (Å²) in [5, 5.41) is 6.85. The van der Waals surface area contributed by atoms with Crippen molar-refractivity contribution in [3.63, 3.8) is 0 Å². The molecule has 0 saturated heterocycles. The van der Waals surface area contributed by atoms with Gasteiger partial charge in [0.2, 0.25) is 5.95 Å². The molecule has 10 heteroatoms. The van der Waals surface area contributed by atoms with E-state index in [-0.39, 0.29) is 0 Å². The van der Waals surface area contributed by atoms with Gasteiger partial charge in [0, 0.05) is 50.5 Å². The molecule has 2 aromatic carbocycles. The van der Waals surface area contributed by atoms with Crippen LogP contribution in [0.4, 0.5) is 28.8 Å². The minimum Gasteiger partial charge on any atom is -0.495 e. The van der Waals surface area contributed by atoms with Crippen molar-refractivity contribution < 1.29 is 4.74 Å². The lowest BCUT2D eigenvalue weighted by atomic mass is 9.99. The Balaban J connectivity index is 1.52. The van der Waals surface area contributed by atoms with Crippen molar-refractivity contribution in [2.75, 3.05) is 48.9 Å². The van der Waals surface area contributed by atoms with Crippen LogP contribution in [0.15, 0.2) is 49.4 Å². The van der Waals surface area contributed by atoms with Crippen LogP contribution in [0.3, 0.4) is 0 Å². The van der Waals surface area contributed by atoms with Crippen LogP contribution in [0.5, 0.6) is 5.75 Å². The average molecular weight is 515 g/mol. The molecule has 190 valence electrons. The number of anilines is 5. The van der Waals surface area contributed by atoms with Crippen LogP contribution < -0.4 is 19.7 Å². The van der Waals surface area contributed by atoms with E-state index in [1.165, 1.54) is 11.1 Å². The van der Waals surface area contributed by atoms with E-state index in [0.29, 0.717) is 11.8 Å². The van der Waals surface area contributed by atoms with Crippen LogP contribution in [0, 0.1) is 0 Å². The number of benzene rings is 2. The number of hydrogen-bond acceptors (Lipinski definition) is 10. The first kappa shape index (κ1) is 24.8. The molecule has 3 heterocycles. The van der Waals surface area contributed by atoms with E-state index in [4.69, 9.17) is 9.72 Å². The average Bonchev–Trinajstić information content (AvgIpc) is 2.92. The van der Waals surface area contributed by atoms with Crippen LogP contribution >= 0.6 is 11.9 Å². The molecule has 1 aliphatic heterocycles. The van der Waals surface area contributed by atoms with Crippen LogP contribution in [0.25, 0.3) is 17.1 Å². The number of fused-ring (bicyclic) bond motifs is 2. The maximum absolute atomic E-state index is 5.69. The fourth-order valence-corrected chi connectivity index (χ4v) is 4.84. The summed E-state index contributed by atoms with van der Waals surface area (Å²) in [7, 11) is 5.82. The third-order valence-electron chi connectivity index (χ3n) is 6.46. The standard InChI is InChI=1S/C27H30N8OS/c1-6-17-15-30-27(32-22-13-19-16-34(2)12-9-18(19)14-23(22)36-4)33-26(17)31-21-8-7-20-24(29-11-10-28-20)25(21)35(3)37-5/h6-8,10-11,13-15H,1,9,12,16H2,2-5H3,(H2,30,31,32,33). The van der Waals surface area contributed by atoms with Crippen molar-refractivity contribution >= 4 is 57.9 Å². The largest absolute Gasteiger partial charge is 0.495 e. The molecule has 0 unspecified atom stereocenters. The van der Waals surface area contributed by atoms with Gasteiger partial charge in [-0.25, -0.2) is 4.98 Å². The molecule has 2 aromatic heterocycles. The highest BCUT2D eigenvalue weighted by atomic mass is 32.2. The third kappa shape index (κ3) is 5.03. The second kappa shape index (κ2) is 10.6. The molecule has 2 N–H and O–H groups in total. The zero-order valence-corrected chi connectivity index (χ0v) is 22.3. The zero-order valence-electron chi connectivity index (χ0n) is 21.4. The van der Waals surface area contributed by atoms with Gasteiger partial charge in [-0.1, -0.05) is 24.6 Å². The maximum Gasteiger partial charge on any atom is 0.229 e. The molecule has 1 aliphatic rings. The molecule has 4 aromatic rings. The summed E-state index contributed by atoms with van der Waals surface area (Å²) in [4.78, 5) is 20.7. The van der Waals surface area contributed by atoms with Crippen molar-refractivity contribution in [1.82, 2.24) is 24.8 Å². The van der Waals surface area contributed by atoms with E-state index in [1.54, 1.807) is 43.7 Å². The number of methoxy groups -OCH3 is 1. The monoisotopic (exact) mass is 514 g/mol. The lowest BCUT2D eigenvalue weighted by Gasteiger charge is -2.26. The topological polar surface area (TPSA) is 91.3 Å². The number of nitrogens with one attached hydrogen (secondary N) is 2. The molecule has 0 saturated carbocycles. The summed E-state index contributed by atoms with van der Waals surface area (Å²) in [6.07, 6.45) is 9.91. The molecule has 0 fully saturated rings. The predicted molar refractivity (Wildman–Crippen MR) is 153 cm³/mol. The Hall–Kier alpha value is -3.89. The lowest BCUT2D eigenvalue weighted by Crippen LogP contribution is -2.26. The normalized spacial score (nSPS) is 13.2. The number of rotatable bonds is 8. The number of likely N-dealkylation sites (N-methyl/N-ethyl adjacent to an activating group) is 1. The Morgan fingerprint density at radius 3 is 2.73 bits per heavy atom. The summed E-state index contributed by atoms with van der Waals surface area (Å²) in [6.45, 7) is 5.89. The molecule has 0 atom stereocenters. The first-order valence-electron chi connectivity index (χ1n) is 11.9. The van der Waals surface area contributed by atoms with Gasteiger partial charge >= 0.3 is 0 Å². The number of nitrogens with zero attached hydrogens (tertiary/aromatic N) is 6. The summed E-state index contributed by atoms with van der Waals surface area (Å²) in [5.74, 6) is 1.85. The molecule has 0 radical (unpaired) electrons. The van der Waals surface area contributed by atoms with Crippen molar-refractivity contribution in [1.29, 1.82) is 0 Å². The van der Waals surface area contributed by atoms with E-state index in [0.717, 1.165) is 58.9 Å². The van der Waals surface area contributed by atoms with Gasteiger partial charge in [-0.2, -0.15) is 4.98 Å². The number of aromatic nitrogens is 4. The fraction of sp³-hybridized carbons (Fsp3) is 0.259. The first-order chi connectivity index (χ1) is 18.0. The Morgan fingerprint density at radius 1 is 1.11 bits per heavy atom. The van der Waals surface area contributed by atoms with Crippen LogP contribution in [-0.4, -0.2) is 58.8 Å². The third-order valence-corrected chi connectivity index (χ3v) is 7.19. The summed E-state index contributed by atoms with van der Waals surface area (Å²) >= 11 is 1.59. The van der Waals surface area contributed by atoms with Gasteiger partial charge in [0.05, 0.1) is 29.7 Å². The SMILES string of the molecule is C=Cc1cnc(Nc2cc3c(cc2OC)CCN(C)C3)nc1Nc1ccc2nccnc2c1N(C)SC. The van der Waals surface area contributed by atoms with Crippen LogP contribution in [0.1, 0.15) is 16.7 Å². The van der Waals surface area contributed by atoms with E-state index in [9.17, 15) is 0 Å². The second-order valence-electron chi connectivity index (χ2n) is 8.83. The predicted octanol–water partition coefficient (Wildman–Crippen LogP) is 5.26. The van der Waals surface area contributed by atoms with E-state index < -0.39 is 0 Å². The molecule has 5 rings (SSSR count). The Morgan fingerprint density at radius 2 is 1.95 bits per heavy atom. The van der Waals surface area contributed by atoms with E-state index >= 15 is 0 Å². The maximum atomic E-state index is 5.69. The van der Waals surface area contributed by atoms with Crippen LogP contribution in [-0.2, 0) is 13.0 Å². The van der Waals surface area contributed by atoms with Gasteiger partial charge in [0.15, 0.2) is 0 Å². The van der Waals surface area contributed by atoms with Crippen molar-refractivity contribution in [3.8, 4) is 5.75 Å². The summed E-state index contributed by atoms with van der Waals surface area (Å²) < 4.78 is 7.75. The van der Waals surface area contributed by atoms with Gasteiger partial charge in [-0.15, -0.1) is 0 Å².